The lowest BCUT2D eigenvalue weighted by Crippen LogP contribution is -2.42. The third-order valence-corrected chi connectivity index (χ3v) is 3.23. The zero-order chi connectivity index (χ0) is 13.8. The minimum absolute atomic E-state index is 0.551. The summed E-state index contributed by atoms with van der Waals surface area (Å²) in [5.41, 5.74) is 0. The number of hydrogen-bond acceptors (Lipinski definition) is 4. The highest BCUT2D eigenvalue weighted by Gasteiger charge is 2.15. The van der Waals surface area contributed by atoms with Gasteiger partial charge in [0.15, 0.2) is 0 Å². The van der Waals surface area contributed by atoms with E-state index < -0.39 is 0 Å². The number of methoxy groups -OCH3 is 2. The first-order chi connectivity index (χ1) is 8.65. The lowest BCUT2D eigenvalue weighted by molar-refractivity contribution is 0.0866. The largest absolute Gasteiger partial charge is 0.383 e. The summed E-state index contributed by atoms with van der Waals surface area (Å²) in [6.07, 6.45) is 2.35. The van der Waals surface area contributed by atoms with Crippen molar-refractivity contribution in [1.82, 2.24) is 10.2 Å². The van der Waals surface area contributed by atoms with E-state index in [1.165, 1.54) is 6.42 Å². The molecule has 0 aliphatic rings. The Hall–Kier alpha value is -0.160. The van der Waals surface area contributed by atoms with Crippen LogP contribution in [0.5, 0.6) is 0 Å². The van der Waals surface area contributed by atoms with Gasteiger partial charge >= 0.3 is 0 Å². The highest BCUT2D eigenvalue weighted by atomic mass is 16.5. The highest BCUT2D eigenvalue weighted by Crippen LogP contribution is 2.07. The van der Waals surface area contributed by atoms with Crippen LogP contribution in [0.4, 0.5) is 0 Å². The van der Waals surface area contributed by atoms with E-state index in [0.717, 1.165) is 39.3 Å². The van der Waals surface area contributed by atoms with Crippen molar-refractivity contribution in [3.05, 3.63) is 0 Å². The Balaban J connectivity index is 4.04. The van der Waals surface area contributed by atoms with Gasteiger partial charge < -0.3 is 14.8 Å². The molecule has 0 spiro atoms. The maximum absolute atomic E-state index is 5.17. The van der Waals surface area contributed by atoms with Crippen LogP contribution in [0.25, 0.3) is 0 Å². The first-order valence-corrected chi connectivity index (χ1v) is 7.11. The third-order valence-electron chi connectivity index (χ3n) is 3.23. The van der Waals surface area contributed by atoms with Crippen molar-refractivity contribution in [2.24, 2.45) is 0 Å². The SMILES string of the molecule is CCCNC(C)CC(C)N(CCOC)CCOC. The van der Waals surface area contributed by atoms with Crippen LogP contribution in [-0.4, -0.2) is 64.1 Å². The molecule has 0 bridgehead atoms. The Morgan fingerprint density at radius 3 is 2.06 bits per heavy atom. The molecule has 4 heteroatoms. The monoisotopic (exact) mass is 260 g/mol. The molecule has 0 aliphatic heterocycles. The van der Waals surface area contributed by atoms with E-state index in [9.17, 15) is 0 Å². The predicted molar refractivity (Wildman–Crippen MR) is 77.2 cm³/mol. The number of rotatable bonds is 12. The van der Waals surface area contributed by atoms with Gasteiger partial charge in [-0.2, -0.15) is 0 Å². The molecule has 0 saturated carbocycles. The molecule has 0 aromatic carbocycles. The average Bonchev–Trinajstić information content (AvgIpc) is 2.36. The molecule has 2 atom stereocenters. The molecule has 4 nitrogen and oxygen atoms in total. The Bertz CT molecular complexity index is 171. The fourth-order valence-electron chi connectivity index (χ4n) is 2.10. The Morgan fingerprint density at radius 1 is 1.06 bits per heavy atom. The molecule has 2 unspecified atom stereocenters. The minimum Gasteiger partial charge on any atom is -0.383 e. The summed E-state index contributed by atoms with van der Waals surface area (Å²) in [6, 6.07) is 1.11. The maximum atomic E-state index is 5.17. The van der Waals surface area contributed by atoms with Gasteiger partial charge in [0.1, 0.15) is 0 Å². The second-order valence-electron chi connectivity index (χ2n) is 4.96. The van der Waals surface area contributed by atoms with E-state index in [0.29, 0.717) is 12.1 Å². The first kappa shape index (κ1) is 17.8. The zero-order valence-corrected chi connectivity index (χ0v) is 12.9. The lowest BCUT2D eigenvalue weighted by atomic mass is 10.1. The fraction of sp³-hybridized carbons (Fsp3) is 1.00. The van der Waals surface area contributed by atoms with Gasteiger partial charge in [0.05, 0.1) is 13.2 Å². The van der Waals surface area contributed by atoms with Crippen molar-refractivity contribution in [3.8, 4) is 0 Å². The van der Waals surface area contributed by atoms with Gasteiger partial charge in [-0.25, -0.2) is 0 Å². The standard InChI is InChI=1S/C14H32N2O2/c1-6-7-15-13(2)12-14(3)16(8-10-17-4)9-11-18-5/h13-15H,6-12H2,1-5H3. The number of ether oxygens (including phenoxy) is 2. The highest BCUT2D eigenvalue weighted by molar-refractivity contribution is 4.73. The van der Waals surface area contributed by atoms with Crippen LogP contribution >= 0.6 is 0 Å². The van der Waals surface area contributed by atoms with Crippen LogP contribution in [0.15, 0.2) is 0 Å². The van der Waals surface area contributed by atoms with Crippen molar-refractivity contribution in [1.29, 1.82) is 0 Å². The van der Waals surface area contributed by atoms with Crippen LogP contribution in [-0.2, 0) is 9.47 Å². The summed E-state index contributed by atoms with van der Waals surface area (Å²) in [5.74, 6) is 0. The first-order valence-electron chi connectivity index (χ1n) is 7.11. The predicted octanol–water partition coefficient (Wildman–Crippen LogP) is 1.75. The second-order valence-corrected chi connectivity index (χ2v) is 4.96. The summed E-state index contributed by atoms with van der Waals surface area (Å²) in [7, 11) is 3.51. The third kappa shape index (κ3) is 8.86. The molecule has 0 aromatic heterocycles. The molecular weight excluding hydrogens is 228 g/mol. The van der Waals surface area contributed by atoms with Gasteiger partial charge in [-0.3, -0.25) is 4.90 Å². The Morgan fingerprint density at radius 2 is 1.61 bits per heavy atom. The second kappa shape index (κ2) is 11.9. The molecule has 0 aliphatic carbocycles. The van der Waals surface area contributed by atoms with E-state index >= 15 is 0 Å². The summed E-state index contributed by atoms with van der Waals surface area (Å²) in [4.78, 5) is 2.44. The van der Waals surface area contributed by atoms with Gasteiger partial charge in [0.2, 0.25) is 0 Å². The molecule has 18 heavy (non-hydrogen) atoms. The zero-order valence-electron chi connectivity index (χ0n) is 12.9. The van der Waals surface area contributed by atoms with Crippen LogP contribution in [0, 0.1) is 0 Å². The number of nitrogens with zero attached hydrogens (tertiary/aromatic N) is 1. The van der Waals surface area contributed by atoms with Crippen molar-refractivity contribution in [2.45, 2.75) is 45.7 Å². The molecule has 0 aromatic rings. The number of hydrogen-bond donors (Lipinski definition) is 1. The van der Waals surface area contributed by atoms with Crippen molar-refractivity contribution < 1.29 is 9.47 Å². The summed E-state index contributed by atoms with van der Waals surface area (Å²) in [6.45, 7) is 11.4. The molecule has 0 saturated heterocycles. The number of nitrogens with one attached hydrogen (secondary N) is 1. The molecule has 1 N–H and O–H groups in total. The van der Waals surface area contributed by atoms with Gasteiger partial charge in [0, 0.05) is 39.4 Å². The van der Waals surface area contributed by atoms with Gasteiger partial charge in [-0.1, -0.05) is 6.92 Å². The maximum Gasteiger partial charge on any atom is 0.0589 e. The van der Waals surface area contributed by atoms with E-state index in [-0.39, 0.29) is 0 Å². The van der Waals surface area contributed by atoms with Crippen LogP contribution in [0.3, 0.4) is 0 Å². The van der Waals surface area contributed by atoms with Crippen molar-refractivity contribution >= 4 is 0 Å². The van der Waals surface area contributed by atoms with E-state index in [4.69, 9.17) is 9.47 Å². The summed E-state index contributed by atoms with van der Waals surface area (Å²) < 4.78 is 10.3. The van der Waals surface area contributed by atoms with E-state index in [2.05, 4.69) is 31.0 Å². The Kier molecular flexibility index (Phi) is 11.8. The molecule has 0 amide bonds. The normalized spacial score (nSPS) is 15.0. The van der Waals surface area contributed by atoms with Gasteiger partial charge in [0.25, 0.3) is 0 Å². The molecule has 0 rings (SSSR count). The summed E-state index contributed by atoms with van der Waals surface area (Å²) >= 11 is 0. The quantitative estimate of drug-likeness (QED) is 0.579. The molecular formula is C14H32N2O2. The molecule has 0 fully saturated rings. The van der Waals surface area contributed by atoms with E-state index in [1.807, 2.05) is 0 Å². The van der Waals surface area contributed by atoms with Crippen molar-refractivity contribution in [3.63, 3.8) is 0 Å². The van der Waals surface area contributed by atoms with Gasteiger partial charge in [-0.15, -0.1) is 0 Å². The molecule has 110 valence electrons. The average molecular weight is 260 g/mol. The topological polar surface area (TPSA) is 33.7 Å². The minimum atomic E-state index is 0.551. The molecule has 0 heterocycles. The molecule has 0 radical (unpaired) electrons. The fourth-order valence-corrected chi connectivity index (χ4v) is 2.10. The Labute approximate surface area is 113 Å². The van der Waals surface area contributed by atoms with E-state index in [1.54, 1.807) is 14.2 Å². The van der Waals surface area contributed by atoms with Crippen LogP contribution < -0.4 is 5.32 Å². The summed E-state index contributed by atoms with van der Waals surface area (Å²) in [5, 5.41) is 3.54. The van der Waals surface area contributed by atoms with Gasteiger partial charge in [-0.05, 0) is 33.2 Å². The van der Waals surface area contributed by atoms with Crippen LogP contribution in [0.2, 0.25) is 0 Å². The smallest absolute Gasteiger partial charge is 0.0589 e. The lowest BCUT2D eigenvalue weighted by Gasteiger charge is -2.30. The van der Waals surface area contributed by atoms with Crippen LogP contribution in [0.1, 0.15) is 33.6 Å². The van der Waals surface area contributed by atoms with Crippen molar-refractivity contribution in [2.75, 3.05) is 47.1 Å².